The van der Waals surface area contributed by atoms with E-state index in [9.17, 15) is 22.8 Å². The van der Waals surface area contributed by atoms with Gasteiger partial charge in [-0.15, -0.1) is 0 Å². The zero-order valence-corrected chi connectivity index (χ0v) is 10.1. The minimum atomic E-state index is -5.19. The molecule has 0 aromatic carbocycles. The number of anilines is 1. The second kappa shape index (κ2) is 4.87. The zero-order valence-electron chi connectivity index (χ0n) is 10.1. The largest absolute Gasteiger partial charge is 0.480 e. The molecule has 0 saturated heterocycles. The molecule has 0 spiro atoms. The summed E-state index contributed by atoms with van der Waals surface area (Å²) in [5, 5.41) is 9.00. The summed E-state index contributed by atoms with van der Waals surface area (Å²) in [6.45, 7) is 1.99. The van der Waals surface area contributed by atoms with Crippen LogP contribution in [0.5, 0.6) is 0 Å². The molecule has 1 aromatic heterocycles. The lowest BCUT2D eigenvalue weighted by atomic mass is 10.0. The molecule has 8 heteroatoms. The molecule has 1 amide bonds. The summed E-state index contributed by atoms with van der Waals surface area (Å²) in [6.07, 6.45) is -4.02. The van der Waals surface area contributed by atoms with Crippen LogP contribution < -0.4 is 4.90 Å². The van der Waals surface area contributed by atoms with Gasteiger partial charge in [0.15, 0.2) is 0 Å². The predicted molar refractivity (Wildman–Crippen MR) is 59.5 cm³/mol. The highest BCUT2D eigenvalue weighted by molar-refractivity contribution is 6.03. The van der Waals surface area contributed by atoms with Gasteiger partial charge in [-0.2, -0.15) is 13.2 Å². The van der Waals surface area contributed by atoms with Crippen LogP contribution in [0.4, 0.5) is 19.0 Å². The first-order valence-electron chi connectivity index (χ1n) is 5.14. The molecule has 0 fully saturated rings. The van der Waals surface area contributed by atoms with E-state index in [2.05, 4.69) is 4.98 Å². The quantitative estimate of drug-likeness (QED) is 0.914. The number of pyridine rings is 1. The second-order valence-electron chi connectivity index (χ2n) is 4.19. The van der Waals surface area contributed by atoms with Gasteiger partial charge in [-0.1, -0.05) is 6.07 Å². The van der Waals surface area contributed by atoms with E-state index < -0.39 is 23.6 Å². The van der Waals surface area contributed by atoms with Gasteiger partial charge in [-0.3, -0.25) is 9.69 Å². The van der Waals surface area contributed by atoms with Crippen molar-refractivity contribution in [2.24, 2.45) is 0 Å². The monoisotopic (exact) mass is 276 g/mol. The van der Waals surface area contributed by atoms with Crippen molar-refractivity contribution >= 4 is 17.7 Å². The average molecular weight is 276 g/mol. The first-order chi connectivity index (χ1) is 8.58. The molecule has 0 aliphatic heterocycles. The van der Waals surface area contributed by atoms with E-state index in [1.54, 1.807) is 0 Å². The van der Waals surface area contributed by atoms with E-state index in [0.29, 0.717) is 0 Å². The van der Waals surface area contributed by atoms with Crippen molar-refractivity contribution in [1.29, 1.82) is 0 Å². The molecule has 0 bridgehead atoms. The smallest absolute Gasteiger partial charge is 0.471 e. The lowest BCUT2D eigenvalue weighted by Crippen LogP contribution is -2.57. The molecule has 0 aliphatic carbocycles. The van der Waals surface area contributed by atoms with Crippen molar-refractivity contribution in [3.8, 4) is 0 Å². The number of carboxylic acid groups (broad SMARTS) is 1. The Bertz CT molecular complexity index is 486. The van der Waals surface area contributed by atoms with Crippen LogP contribution in [0.1, 0.15) is 13.8 Å². The molecule has 1 aromatic rings. The molecule has 0 radical (unpaired) electrons. The molecule has 0 saturated carbocycles. The topological polar surface area (TPSA) is 70.5 Å². The maximum Gasteiger partial charge on any atom is 0.471 e. The number of aliphatic carboxylic acids is 1. The highest BCUT2D eigenvalue weighted by Crippen LogP contribution is 2.29. The van der Waals surface area contributed by atoms with Gasteiger partial charge in [-0.05, 0) is 26.0 Å². The minimum absolute atomic E-state index is 0.120. The molecule has 19 heavy (non-hydrogen) atoms. The molecule has 104 valence electrons. The molecule has 0 unspecified atom stereocenters. The van der Waals surface area contributed by atoms with E-state index in [-0.39, 0.29) is 10.7 Å². The van der Waals surface area contributed by atoms with Crippen molar-refractivity contribution in [3.05, 3.63) is 24.4 Å². The van der Waals surface area contributed by atoms with Crippen LogP contribution in [0.25, 0.3) is 0 Å². The number of rotatable bonds is 3. The Balaban J connectivity index is 3.36. The summed E-state index contributed by atoms with van der Waals surface area (Å²) >= 11 is 0. The summed E-state index contributed by atoms with van der Waals surface area (Å²) in [5.41, 5.74) is -2.08. The van der Waals surface area contributed by atoms with Crippen molar-refractivity contribution < 1.29 is 27.9 Å². The molecule has 0 atom stereocenters. The Hall–Kier alpha value is -2.12. The Morgan fingerprint density at radius 1 is 1.26 bits per heavy atom. The number of halogens is 3. The van der Waals surface area contributed by atoms with Crippen molar-refractivity contribution in [3.63, 3.8) is 0 Å². The summed E-state index contributed by atoms with van der Waals surface area (Å²) in [5.74, 6) is -4.23. The number of carbonyl (C=O) groups is 2. The molecule has 0 aliphatic rings. The predicted octanol–water partition coefficient (Wildman–Crippen LogP) is 1.84. The van der Waals surface area contributed by atoms with Gasteiger partial charge >= 0.3 is 18.1 Å². The maximum atomic E-state index is 12.6. The van der Waals surface area contributed by atoms with Crippen LogP contribution in [0, 0.1) is 0 Å². The summed E-state index contributed by atoms with van der Waals surface area (Å²) in [7, 11) is 0. The van der Waals surface area contributed by atoms with Crippen LogP contribution in [0.3, 0.4) is 0 Å². The van der Waals surface area contributed by atoms with Crippen LogP contribution in [-0.4, -0.2) is 33.7 Å². The van der Waals surface area contributed by atoms with Gasteiger partial charge in [0, 0.05) is 6.20 Å². The van der Waals surface area contributed by atoms with Gasteiger partial charge in [0.25, 0.3) is 0 Å². The number of nitrogens with zero attached hydrogens (tertiary/aromatic N) is 2. The van der Waals surface area contributed by atoms with E-state index in [1.807, 2.05) is 0 Å². The van der Waals surface area contributed by atoms with Gasteiger partial charge < -0.3 is 5.11 Å². The fourth-order valence-corrected chi connectivity index (χ4v) is 1.35. The SMILES string of the molecule is CC(C)(C(=O)O)N(C(=O)C(F)(F)F)c1ccccn1. The number of carbonyl (C=O) groups excluding carboxylic acids is 1. The maximum absolute atomic E-state index is 12.6. The van der Waals surface area contributed by atoms with Crippen molar-refractivity contribution in [1.82, 2.24) is 4.98 Å². The summed E-state index contributed by atoms with van der Waals surface area (Å²) in [4.78, 5) is 26.2. The third-order valence-electron chi connectivity index (χ3n) is 2.41. The van der Waals surface area contributed by atoms with E-state index in [4.69, 9.17) is 5.11 Å². The Kier molecular flexibility index (Phi) is 3.83. The highest BCUT2D eigenvalue weighted by Gasteiger charge is 2.50. The molecule has 1 heterocycles. The number of hydrogen-bond donors (Lipinski definition) is 1. The van der Waals surface area contributed by atoms with Crippen molar-refractivity contribution in [2.45, 2.75) is 25.6 Å². The summed E-state index contributed by atoms with van der Waals surface area (Å²) in [6, 6.07) is 3.93. The molecular formula is C11H11F3N2O3. The van der Waals surface area contributed by atoms with Crippen LogP contribution in [0.2, 0.25) is 0 Å². The van der Waals surface area contributed by atoms with Gasteiger partial charge in [0.2, 0.25) is 0 Å². The lowest BCUT2D eigenvalue weighted by molar-refractivity contribution is -0.173. The molecular weight excluding hydrogens is 265 g/mol. The lowest BCUT2D eigenvalue weighted by Gasteiger charge is -2.34. The first-order valence-corrected chi connectivity index (χ1v) is 5.14. The fraction of sp³-hybridized carbons (Fsp3) is 0.364. The van der Waals surface area contributed by atoms with E-state index >= 15 is 0 Å². The van der Waals surface area contributed by atoms with Gasteiger partial charge in [0.1, 0.15) is 11.4 Å². The number of aromatic nitrogens is 1. The molecule has 1 rings (SSSR count). The average Bonchev–Trinajstić information content (AvgIpc) is 2.28. The number of alkyl halides is 3. The third-order valence-corrected chi connectivity index (χ3v) is 2.41. The fourth-order valence-electron chi connectivity index (χ4n) is 1.35. The van der Waals surface area contributed by atoms with E-state index in [0.717, 1.165) is 19.9 Å². The Morgan fingerprint density at radius 3 is 2.21 bits per heavy atom. The highest BCUT2D eigenvalue weighted by atomic mass is 19.4. The number of hydrogen-bond acceptors (Lipinski definition) is 3. The van der Waals surface area contributed by atoms with Crippen molar-refractivity contribution in [2.75, 3.05) is 4.90 Å². The van der Waals surface area contributed by atoms with Gasteiger partial charge in [0.05, 0.1) is 0 Å². The standard InChI is InChI=1S/C11H11F3N2O3/c1-10(2,9(18)19)16(8(17)11(12,13)14)7-5-3-4-6-15-7/h3-6H,1-2H3,(H,18,19). The summed E-state index contributed by atoms with van der Waals surface area (Å²) < 4.78 is 37.7. The second-order valence-corrected chi connectivity index (χ2v) is 4.19. The van der Waals surface area contributed by atoms with Crippen LogP contribution in [0.15, 0.2) is 24.4 Å². The van der Waals surface area contributed by atoms with E-state index in [1.165, 1.54) is 18.3 Å². The first kappa shape index (κ1) is 14.9. The minimum Gasteiger partial charge on any atom is -0.480 e. The number of carboxylic acids is 1. The Morgan fingerprint density at radius 2 is 1.84 bits per heavy atom. The third kappa shape index (κ3) is 3.01. The Labute approximate surface area is 106 Å². The zero-order chi connectivity index (χ0) is 14.8. The van der Waals surface area contributed by atoms with Gasteiger partial charge in [-0.25, -0.2) is 9.78 Å². The number of amides is 1. The normalized spacial score (nSPS) is 12.1. The van der Waals surface area contributed by atoms with Crippen LogP contribution in [-0.2, 0) is 9.59 Å². The van der Waals surface area contributed by atoms with Crippen LogP contribution >= 0.6 is 0 Å². The molecule has 5 nitrogen and oxygen atoms in total. The molecule has 1 N–H and O–H groups in total.